The summed E-state index contributed by atoms with van der Waals surface area (Å²) in [5.41, 5.74) is 1.20. The summed E-state index contributed by atoms with van der Waals surface area (Å²) in [4.78, 5) is 30.9. The van der Waals surface area contributed by atoms with Gasteiger partial charge >= 0.3 is 0 Å². The zero-order valence-corrected chi connectivity index (χ0v) is 13.6. The first kappa shape index (κ1) is 16.0. The van der Waals surface area contributed by atoms with Gasteiger partial charge < -0.3 is 19.9 Å². The number of carbonyl (C=O) groups excluding carboxylic acids is 2. The molecule has 1 aromatic heterocycles. The van der Waals surface area contributed by atoms with E-state index in [4.69, 9.17) is 0 Å². The maximum Gasteiger partial charge on any atom is 0.254 e. The van der Waals surface area contributed by atoms with Gasteiger partial charge in [0.25, 0.3) is 5.91 Å². The van der Waals surface area contributed by atoms with Gasteiger partial charge in [0.1, 0.15) is 11.8 Å². The lowest BCUT2D eigenvalue weighted by molar-refractivity contribution is -0.125. The number of rotatable bonds is 3. The number of phenolic OH excluding ortho intramolecular Hbond substituents is 1. The molecule has 1 aliphatic rings. The van der Waals surface area contributed by atoms with Gasteiger partial charge in [-0.05, 0) is 32.0 Å². The van der Waals surface area contributed by atoms with Gasteiger partial charge in [-0.15, -0.1) is 0 Å². The molecule has 1 aliphatic heterocycles. The van der Waals surface area contributed by atoms with Crippen LogP contribution in [0.25, 0.3) is 0 Å². The Balaban J connectivity index is 1.87. The third-order valence-corrected chi connectivity index (χ3v) is 3.94. The Morgan fingerprint density at radius 2 is 2.17 bits per heavy atom. The molecule has 1 atom stereocenters. The number of aromatic hydroxyl groups is 1. The van der Waals surface area contributed by atoms with Gasteiger partial charge in [0.05, 0.1) is 25.1 Å². The van der Waals surface area contributed by atoms with Crippen LogP contribution in [0.2, 0.25) is 0 Å². The summed E-state index contributed by atoms with van der Waals surface area (Å²) in [6, 6.07) is 5.72. The van der Waals surface area contributed by atoms with Gasteiger partial charge in [-0.2, -0.15) is 0 Å². The molecule has 0 bridgehead atoms. The summed E-state index contributed by atoms with van der Waals surface area (Å²) in [5.74, 6) is -0.324. The molecule has 2 amide bonds. The number of benzene rings is 1. The summed E-state index contributed by atoms with van der Waals surface area (Å²) in [6.45, 7) is 4.42. The van der Waals surface area contributed by atoms with Crippen LogP contribution in [0.5, 0.6) is 5.75 Å². The van der Waals surface area contributed by atoms with Crippen LogP contribution in [0.4, 0.5) is 0 Å². The Morgan fingerprint density at radius 3 is 2.88 bits per heavy atom. The molecule has 2 heterocycles. The molecule has 0 spiro atoms. The van der Waals surface area contributed by atoms with Crippen LogP contribution in [0.1, 0.15) is 35.9 Å². The van der Waals surface area contributed by atoms with Crippen LogP contribution in [0.15, 0.2) is 36.8 Å². The number of aromatic nitrogens is 2. The number of hydrogen-bond acceptors (Lipinski definition) is 4. The van der Waals surface area contributed by atoms with E-state index in [9.17, 15) is 14.7 Å². The Bertz CT molecular complexity index is 769. The van der Waals surface area contributed by atoms with Gasteiger partial charge in [0.15, 0.2) is 0 Å². The van der Waals surface area contributed by atoms with E-state index < -0.39 is 6.04 Å². The van der Waals surface area contributed by atoms with Crippen molar-refractivity contribution in [2.75, 3.05) is 6.54 Å². The molecule has 24 heavy (non-hydrogen) atoms. The molecule has 0 aliphatic carbocycles. The highest BCUT2D eigenvalue weighted by Gasteiger charge is 2.33. The second-order valence-electron chi connectivity index (χ2n) is 6.21. The minimum Gasteiger partial charge on any atom is -0.508 e. The fraction of sp³-hybridized carbons (Fsp3) is 0.353. The third-order valence-electron chi connectivity index (χ3n) is 3.94. The quantitative estimate of drug-likeness (QED) is 0.889. The first-order valence-corrected chi connectivity index (χ1v) is 7.85. The molecule has 2 N–H and O–H groups in total. The second-order valence-corrected chi connectivity index (χ2v) is 6.21. The van der Waals surface area contributed by atoms with Gasteiger partial charge in [0, 0.05) is 17.8 Å². The van der Waals surface area contributed by atoms with Crippen LogP contribution in [-0.4, -0.2) is 44.0 Å². The van der Waals surface area contributed by atoms with Crippen LogP contribution in [0, 0.1) is 0 Å². The van der Waals surface area contributed by atoms with Crippen molar-refractivity contribution < 1.29 is 14.7 Å². The Labute approximate surface area is 139 Å². The molecule has 1 aromatic carbocycles. The van der Waals surface area contributed by atoms with Gasteiger partial charge in [-0.25, -0.2) is 4.98 Å². The maximum atomic E-state index is 12.7. The van der Waals surface area contributed by atoms with E-state index in [1.54, 1.807) is 29.6 Å². The molecular weight excluding hydrogens is 308 g/mol. The van der Waals surface area contributed by atoms with E-state index in [0.717, 1.165) is 5.69 Å². The highest BCUT2D eigenvalue weighted by Crippen LogP contribution is 2.23. The zero-order chi connectivity index (χ0) is 17.3. The molecule has 0 fully saturated rings. The number of fused-ring (bicyclic) bond motifs is 1. The molecule has 0 saturated carbocycles. The number of hydrogen-bond donors (Lipinski definition) is 2. The normalized spacial score (nSPS) is 16.8. The lowest BCUT2D eigenvalue weighted by atomic mass is 10.1. The van der Waals surface area contributed by atoms with Gasteiger partial charge in [0.2, 0.25) is 5.91 Å². The number of carbonyl (C=O) groups is 2. The smallest absolute Gasteiger partial charge is 0.254 e. The summed E-state index contributed by atoms with van der Waals surface area (Å²) < 4.78 is 1.81. The van der Waals surface area contributed by atoms with Gasteiger partial charge in [-0.1, -0.05) is 6.07 Å². The van der Waals surface area contributed by atoms with Crippen LogP contribution in [0.3, 0.4) is 0 Å². The Kier molecular flexibility index (Phi) is 4.24. The summed E-state index contributed by atoms with van der Waals surface area (Å²) in [6.07, 6.45) is 3.29. The highest BCUT2D eigenvalue weighted by molar-refractivity contribution is 5.95. The molecule has 7 heteroatoms. The maximum absolute atomic E-state index is 12.7. The topological polar surface area (TPSA) is 87.5 Å². The molecule has 0 saturated heterocycles. The van der Waals surface area contributed by atoms with Crippen LogP contribution < -0.4 is 5.32 Å². The first-order chi connectivity index (χ1) is 11.5. The van der Waals surface area contributed by atoms with Crippen molar-refractivity contribution in [1.29, 1.82) is 0 Å². The van der Waals surface area contributed by atoms with Crippen molar-refractivity contribution in [3.05, 3.63) is 48.0 Å². The highest BCUT2D eigenvalue weighted by atomic mass is 16.3. The predicted molar refractivity (Wildman–Crippen MR) is 87.4 cm³/mol. The van der Waals surface area contributed by atoms with E-state index in [1.807, 2.05) is 18.4 Å². The average Bonchev–Trinajstić information content (AvgIpc) is 3.00. The molecule has 7 nitrogen and oxygen atoms in total. The number of nitrogens with one attached hydrogen (secondary N) is 1. The minimum absolute atomic E-state index is 0.0154. The number of phenols is 1. The van der Waals surface area contributed by atoms with E-state index >= 15 is 0 Å². The van der Waals surface area contributed by atoms with Crippen LogP contribution >= 0.6 is 0 Å². The van der Waals surface area contributed by atoms with Crippen LogP contribution in [-0.2, 0) is 11.3 Å². The SMILES string of the molecule is CC(C)NC(=O)C1CN(C(=O)c2cccc(O)c2)Cc2cncn21. The summed E-state index contributed by atoms with van der Waals surface area (Å²) in [7, 11) is 0. The van der Waals surface area contributed by atoms with Gasteiger partial charge in [-0.3, -0.25) is 9.59 Å². The minimum atomic E-state index is -0.514. The number of imidazole rings is 1. The lowest BCUT2D eigenvalue weighted by Gasteiger charge is -2.34. The number of amides is 2. The monoisotopic (exact) mass is 328 g/mol. The van der Waals surface area contributed by atoms with E-state index in [2.05, 4.69) is 10.3 Å². The van der Waals surface area contributed by atoms with Crippen molar-refractivity contribution in [2.45, 2.75) is 32.5 Å². The van der Waals surface area contributed by atoms with E-state index in [-0.39, 0.29) is 30.2 Å². The predicted octanol–water partition coefficient (Wildman–Crippen LogP) is 1.31. The van der Waals surface area contributed by atoms with Crippen molar-refractivity contribution in [3.8, 4) is 5.75 Å². The molecule has 2 aromatic rings. The fourth-order valence-electron chi connectivity index (χ4n) is 2.86. The van der Waals surface area contributed by atoms with Crippen molar-refractivity contribution in [3.63, 3.8) is 0 Å². The zero-order valence-electron chi connectivity index (χ0n) is 13.6. The molecule has 3 rings (SSSR count). The van der Waals surface area contributed by atoms with Crippen molar-refractivity contribution in [2.24, 2.45) is 0 Å². The third kappa shape index (κ3) is 3.10. The molecular formula is C17H20N4O3. The number of nitrogens with zero attached hydrogens (tertiary/aromatic N) is 3. The summed E-state index contributed by atoms with van der Waals surface area (Å²) in [5, 5.41) is 12.5. The van der Waals surface area contributed by atoms with Crippen molar-refractivity contribution >= 4 is 11.8 Å². The van der Waals surface area contributed by atoms with E-state index in [1.165, 1.54) is 12.1 Å². The molecule has 1 unspecified atom stereocenters. The molecule has 126 valence electrons. The fourth-order valence-corrected chi connectivity index (χ4v) is 2.86. The summed E-state index contributed by atoms with van der Waals surface area (Å²) >= 11 is 0. The Hall–Kier alpha value is -2.83. The molecule has 0 radical (unpaired) electrons. The standard InChI is InChI=1S/C17H20N4O3/c1-11(2)19-16(23)15-9-20(8-13-7-18-10-21(13)15)17(24)12-4-3-5-14(22)6-12/h3-7,10-11,15,22H,8-9H2,1-2H3,(H,19,23). The second kappa shape index (κ2) is 6.35. The average molecular weight is 328 g/mol. The Morgan fingerprint density at radius 1 is 1.38 bits per heavy atom. The largest absolute Gasteiger partial charge is 0.508 e. The van der Waals surface area contributed by atoms with E-state index in [0.29, 0.717) is 12.1 Å². The first-order valence-electron chi connectivity index (χ1n) is 7.85. The van der Waals surface area contributed by atoms with Crippen molar-refractivity contribution in [1.82, 2.24) is 19.8 Å². The lowest BCUT2D eigenvalue weighted by Crippen LogP contribution is -2.47.